The molecule has 0 bridgehead atoms. The average Bonchev–Trinajstić information content (AvgIpc) is 2.10. The van der Waals surface area contributed by atoms with E-state index in [0.717, 1.165) is 0 Å². The Balaban J connectivity index is 2.54. The van der Waals surface area contributed by atoms with Gasteiger partial charge in [0.15, 0.2) is 0 Å². The first-order valence-electron chi connectivity index (χ1n) is 3.29. The molecule has 1 aliphatic heterocycles. The van der Waals surface area contributed by atoms with Gasteiger partial charge in [0.25, 0.3) is 0 Å². The summed E-state index contributed by atoms with van der Waals surface area (Å²) in [6, 6.07) is -0.0347. The van der Waals surface area contributed by atoms with Crippen molar-refractivity contribution in [2.24, 2.45) is 0 Å². The molecule has 0 aromatic heterocycles. The number of aliphatic hydroxyl groups excluding tert-OH is 1. The van der Waals surface area contributed by atoms with Crippen LogP contribution in [0.25, 0.3) is 0 Å². The number of aliphatic hydroxyl groups is 1. The van der Waals surface area contributed by atoms with Gasteiger partial charge in [-0.1, -0.05) is 0 Å². The molecule has 0 aliphatic carbocycles. The second-order valence-electron chi connectivity index (χ2n) is 2.67. The van der Waals surface area contributed by atoms with E-state index in [1.54, 1.807) is 6.92 Å². The van der Waals surface area contributed by atoms with Crippen LogP contribution < -0.4 is 0 Å². The molecule has 0 aromatic rings. The monoisotopic (exact) mass is 145 g/mol. The molecule has 0 saturated carbocycles. The Morgan fingerprint density at radius 1 is 1.70 bits per heavy atom. The Morgan fingerprint density at radius 3 is 2.50 bits per heavy atom. The van der Waals surface area contributed by atoms with Crippen LogP contribution in [0.1, 0.15) is 13.3 Å². The molecule has 1 heterocycles. The zero-order valence-corrected chi connectivity index (χ0v) is 5.82. The van der Waals surface area contributed by atoms with E-state index in [2.05, 4.69) is 0 Å². The second kappa shape index (κ2) is 2.46. The zero-order valence-electron chi connectivity index (χ0n) is 5.82. The fourth-order valence-corrected chi connectivity index (χ4v) is 1.27. The molecule has 1 fully saturated rings. The smallest absolute Gasteiger partial charge is 0.407 e. The van der Waals surface area contributed by atoms with E-state index < -0.39 is 12.2 Å². The van der Waals surface area contributed by atoms with Gasteiger partial charge in [0, 0.05) is 6.04 Å². The van der Waals surface area contributed by atoms with Crippen LogP contribution in [0, 0.1) is 0 Å². The van der Waals surface area contributed by atoms with Gasteiger partial charge in [-0.3, -0.25) is 0 Å². The van der Waals surface area contributed by atoms with Gasteiger partial charge >= 0.3 is 6.09 Å². The molecule has 1 saturated heterocycles. The third kappa shape index (κ3) is 1.21. The van der Waals surface area contributed by atoms with Gasteiger partial charge in [-0.15, -0.1) is 0 Å². The maximum atomic E-state index is 10.4. The van der Waals surface area contributed by atoms with E-state index >= 15 is 0 Å². The van der Waals surface area contributed by atoms with Crippen LogP contribution in [-0.4, -0.2) is 39.9 Å². The minimum atomic E-state index is -0.941. The first-order valence-corrected chi connectivity index (χ1v) is 3.29. The minimum Gasteiger partial charge on any atom is -0.465 e. The van der Waals surface area contributed by atoms with Gasteiger partial charge in [-0.05, 0) is 13.3 Å². The lowest BCUT2D eigenvalue weighted by Gasteiger charge is -2.15. The van der Waals surface area contributed by atoms with Crippen LogP contribution >= 0.6 is 0 Å². The highest BCUT2D eigenvalue weighted by Crippen LogP contribution is 2.16. The van der Waals surface area contributed by atoms with Crippen LogP contribution in [0.3, 0.4) is 0 Å². The highest BCUT2D eigenvalue weighted by molar-refractivity contribution is 5.65. The third-order valence-corrected chi connectivity index (χ3v) is 1.80. The fraction of sp³-hybridized carbons (Fsp3) is 0.833. The molecule has 1 rings (SSSR count). The normalized spacial score (nSPS) is 32.8. The van der Waals surface area contributed by atoms with Crippen molar-refractivity contribution in [3.8, 4) is 0 Å². The number of nitrogens with zero attached hydrogens (tertiary/aromatic N) is 1. The molecule has 4 heteroatoms. The number of rotatable bonds is 0. The minimum absolute atomic E-state index is 0.0347. The summed E-state index contributed by atoms with van der Waals surface area (Å²) in [5.41, 5.74) is 0. The van der Waals surface area contributed by atoms with E-state index in [9.17, 15) is 4.79 Å². The maximum Gasteiger partial charge on any atom is 0.407 e. The summed E-state index contributed by atoms with van der Waals surface area (Å²) in [7, 11) is 0. The Labute approximate surface area is 59.1 Å². The number of likely N-dealkylation sites (tertiary alicyclic amines) is 1. The SMILES string of the molecule is C[C@@H]1C[C@H](O)CN1C(=O)O. The second-order valence-corrected chi connectivity index (χ2v) is 2.67. The number of carbonyl (C=O) groups is 1. The quantitative estimate of drug-likeness (QED) is 0.509. The van der Waals surface area contributed by atoms with Crippen molar-refractivity contribution in [1.82, 2.24) is 4.90 Å². The van der Waals surface area contributed by atoms with E-state index in [4.69, 9.17) is 10.2 Å². The summed E-state index contributed by atoms with van der Waals surface area (Å²) >= 11 is 0. The number of β-amino-alcohol motifs (C(OH)–C–C–N with tert-alkyl or cyclic N) is 1. The van der Waals surface area contributed by atoms with E-state index in [-0.39, 0.29) is 12.6 Å². The highest BCUT2D eigenvalue weighted by atomic mass is 16.4. The van der Waals surface area contributed by atoms with Crippen molar-refractivity contribution in [3.63, 3.8) is 0 Å². The Bertz CT molecular complexity index is 148. The Hall–Kier alpha value is -0.770. The van der Waals surface area contributed by atoms with Gasteiger partial charge in [0.05, 0.1) is 12.6 Å². The number of amides is 1. The summed E-state index contributed by atoms with van der Waals surface area (Å²) in [6.07, 6.45) is -0.845. The Kier molecular flexibility index (Phi) is 1.80. The lowest BCUT2D eigenvalue weighted by molar-refractivity contribution is 0.133. The molecular weight excluding hydrogens is 134 g/mol. The first kappa shape index (κ1) is 7.34. The van der Waals surface area contributed by atoms with Crippen molar-refractivity contribution >= 4 is 6.09 Å². The van der Waals surface area contributed by atoms with Crippen molar-refractivity contribution in [3.05, 3.63) is 0 Å². The molecule has 4 nitrogen and oxygen atoms in total. The predicted molar refractivity (Wildman–Crippen MR) is 34.8 cm³/mol. The molecule has 2 atom stereocenters. The molecule has 58 valence electrons. The van der Waals surface area contributed by atoms with Crippen molar-refractivity contribution in [2.45, 2.75) is 25.5 Å². The fourth-order valence-electron chi connectivity index (χ4n) is 1.27. The van der Waals surface area contributed by atoms with Crippen LogP contribution in [-0.2, 0) is 0 Å². The molecule has 0 aromatic carbocycles. The molecule has 1 amide bonds. The highest BCUT2D eigenvalue weighted by Gasteiger charge is 2.30. The molecule has 1 aliphatic rings. The third-order valence-electron chi connectivity index (χ3n) is 1.80. The lowest BCUT2D eigenvalue weighted by atomic mass is 10.2. The largest absolute Gasteiger partial charge is 0.465 e. The van der Waals surface area contributed by atoms with Crippen molar-refractivity contribution < 1.29 is 15.0 Å². The molecule has 10 heavy (non-hydrogen) atoms. The van der Waals surface area contributed by atoms with E-state index in [1.807, 2.05) is 0 Å². The zero-order chi connectivity index (χ0) is 7.72. The van der Waals surface area contributed by atoms with Crippen LogP contribution in [0.4, 0.5) is 4.79 Å². The summed E-state index contributed by atoms with van der Waals surface area (Å²) in [4.78, 5) is 11.6. The van der Waals surface area contributed by atoms with Crippen molar-refractivity contribution in [1.29, 1.82) is 0 Å². The lowest BCUT2D eigenvalue weighted by Crippen LogP contribution is -2.32. The molecule has 0 radical (unpaired) electrons. The van der Waals surface area contributed by atoms with Crippen LogP contribution in [0.5, 0.6) is 0 Å². The maximum absolute atomic E-state index is 10.4. The topological polar surface area (TPSA) is 60.8 Å². The summed E-state index contributed by atoms with van der Waals surface area (Å²) in [5.74, 6) is 0. The molecular formula is C6H11NO3. The van der Waals surface area contributed by atoms with Crippen LogP contribution in [0.15, 0.2) is 0 Å². The van der Waals surface area contributed by atoms with Crippen LogP contribution in [0.2, 0.25) is 0 Å². The standard InChI is InChI=1S/C6H11NO3/c1-4-2-5(8)3-7(4)6(9)10/h4-5,8H,2-3H2,1H3,(H,9,10)/t4-,5+/m1/s1. The van der Waals surface area contributed by atoms with Gasteiger partial charge in [-0.25, -0.2) is 4.79 Å². The van der Waals surface area contributed by atoms with Gasteiger partial charge in [-0.2, -0.15) is 0 Å². The summed E-state index contributed by atoms with van der Waals surface area (Å²) in [5, 5.41) is 17.5. The summed E-state index contributed by atoms with van der Waals surface area (Å²) in [6.45, 7) is 2.06. The predicted octanol–water partition coefficient (Wildman–Crippen LogP) is 0.120. The van der Waals surface area contributed by atoms with E-state index in [1.165, 1.54) is 4.90 Å². The van der Waals surface area contributed by atoms with Gasteiger partial charge < -0.3 is 15.1 Å². The molecule has 0 spiro atoms. The number of hydrogen-bond acceptors (Lipinski definition) is 2. The summed E-state index contributed by atoms with van der Waals surface area (Å²) < 4.78 is 0. The van der Waals surface area contributed by atoms with Crippen molar-refractivity contribution in [2.75, 3.05) is 6.54 Å². The van der Waals surface area contributed by atoms with E-state index in [0.29, 0.717) is 6.42 Å². The first-order chi connectivity index (χ1) is 4.61. The average molecular weight is 145 g/mol. The van der Waals surface area contributed by atoms with Gasteiger partial charge in [0.1, 0.15) is 0 Å². The molecule has 0 unspecified atom stereocenters. The van der Waals surface area contributed by atoms with Gasteiger partial charge in [0.2, 0.25) is 0 Å². The number of hydrogen-bond donors (Lipinski definition) is 2. The Morgan fingerprint density at radius 2 is 2.30 bits per heavy atom. The molecule has 2 N–H and O–H groups in total. The number of carboxylic acid groups (broad SMARTS) is 1.